The molecule has 3 saturated heterocycles. The van der Waals surface area contributed by atoms with Crippen molar-refractivity contribution in [3.8, 4) is 0 Å². The van der Waals surface area contributed by atoms with Crippen LogP contribution < -0.4 is 0 Å². The number of hydrogen-bond acceptors (Lipinski definition) is 14. The fourth-order valence-corrected chi connectivity index (χ4v) is 14.9. The molecule has 5 saturated carbocycles. The third-order valence-corrected chi connectivity index (χ3v) is 17.6. The molecule has 0 aromatic carbocycles. The van der Waals surface area contributed by atoms with E-state index >= 15 is 0 Å². The maximum atomic E-state index is 12.4. The topological polar surface area (TPSA) is 228 Å². The standard InChI is InChI=1S/C41H68O14/c1-35(2)24(53-34-30(26(46)21(45)17-51-34)54-33-29(49)28(48)27(47)22(16-42)52-33)9-11-41-18-40(41)13-12-37(5)32(39(7)10-8-25(55-39)36(3,4)50)20(44)15-38(37,6)23(40)14-19(43)31(35)41/h19-34,42-50H,8-18H2,1-7H3/t19-,20-,21-,22-,23-,24-,25+,26+,27-,28+,29-,30-,31-,32+,33+,34+,37-,38+,39-,40+,41-/m1/s1. The summed E-state index contributed by atoms with van der Waals surface area (Å²) in [6, 6.07) is 0. The summed E-state index contributed by atoms with van der Waals surface area (Å²) in [5.74, 6) is 0.0159. The van der Waals surface area contributed by atoms with Crippen molar-refractivity contribution in [2.24, 2.45) is 44.8 Å². The van der Waals surface area contributed by atoms with Gasteiger partial charge in [-0.15, -0.1) is 0 Å². The maximum absolute atomic E-state index is 12.4. The number of aliphatic hydroxyl groups is 9. The van der Waals surface area contributed by atoms with Crippen molar-refractivity contribution in [2.75, 3.05) is 13.2 Å². The lowest BCUT2D eigenvalue weighted by molar-refractivity contribution is -0.366. The van der Waals surface area contributed by atoms with Crippen LogP contribution in [0.3, 0.4) is 0 Å². The van der Waals surface area contributed by atoms with Gasteiger partial charge in [0.1, 0.15) is 42.7 Å². The Balaban J connectivity index is 1.02. The molecule has 9 N–H and O–H groups in total. The van der Waals surface area contributed by atoms with Crippen LogP contribution in [0.25, 0.3) is 0 Å². The molecule has 0 unspecified atom stereocenters. The van der Waals surface area contributed by atoms with E-state index < -0.39 is 96.8 Å². The predicted molar refractivity (Wildman–Crippen MR) is 194 cm³/mol. The second kappa shape index (κ2) is 13.2. The van der Waals surface area contributed by atoms with Crippen LogP contribution in [-0.4, -0.2) is 150 Å². The summed E-state index contributed by atoms with van der Waals surface area (Å²) < 4.78 is 30.9. The van der Waals surface area contributed by atoms with Crippen molar-refractivity contribution >= 4 is 0 Å². The molecule has 316 valence electrons. The van der Waals surface area contributed by atoms with Gasteiger partial charge >= 0.3 is 0 Å². The Bertz CT molecular complexity index is 1460. The molecule has 8 fully saturated rings. The predicted octanol–water partition coefficient (Wildman–Crippen LogP) is 0.724. The third-order valence-electron chi connectivity index (χ3n) is 17.6. The van der Waals surface area contributed by atoms with Gasteiger partial charge in [-0.1, -0.05) is 27.7 Å². The monoisotopic (exact) mass is 784 g/mol. The summed E-state index contributed by atoms with van der Waals surface area (Å²) in [5.41, 5.74) is -2.64. The highest BCUT2D eigenvalue weighted by Gasteiger charge is 2.85. The van der Waals surface area contributed by atoms with Gasteiger partial charge in [0.25, 0.3) is 0 Å². The van der Waals surface area contributed by atoms with Crippen molar-refractivity contribution < 1.29 is 69.6 Å². The first kappa shape index (κ1) is 41.2. The van der Waals surface area contributed by atoms with Crippen LogP contribution in [0.15, 0.2) is 0 Å². The van der Waals surface area contributed by atoms with Crippen LogP contribution in [0.5, 0.6) is 0 Å². The van der Waals surface area contributed by atoms with E-state index in [9.17, 15) is 46.0 Å². The summed E-state index contributed by atoms with van der Waals surface area (Å²) in [6.07, 6.45) is -7.87. The number of hydrogen-bond donors (Lipinski definition) is 9. The Morgan fingerprint density at radius 3 is 2.07 bits per heavy atom. The highest BCUT2D eigenvalue weighted by Crippen LogP contribution is 2.89. The largest absolute Gasteiger partial charge is 0.394 e. The average Bonchev–Trinajstić information content (AvgIpc) is 3.45. The van der Waals surface area contributed by atoms with Crippen molar-refractivity contribution in [3.05, 3.63) is 0 Å². The minimum atomic E-state index is -1.72. The van der Waals surface area contributed by atoms with Crippen LogP contribution in [0.1, 0.15) is 106 Å². The fourth-order valence-electron chi connectivity index (χ4n) is 14.9. The highest BCUT2D eigenvalue weighted by atomic mass is 16.8. The molecule has 14 heteroatoms. The van der Waals surface area contributed by atoms with Gasteiger partial charge in [-0.25, -0.2) is 0 Å². The van der Waals surface area contributed by atoms with Gasteiger partial charge in [-0.05, 0) is 117 Å². The number of aliphatic hydroxyl groups excluding tert-OH is 8. The molecular weight excluding hydrogens is 716 g/mol. The second-order valence-corrected chi connectivity index (χ2v) is 21.1. The van der Waals surface area contributed by atoms with Crippen LogP contribution in [0, 0.1) is 44.8 Å². The molecule has 2 spiro atoms. The normalized spacial score (nSPS) is 58.7. The van der Waals surface area contributed by atoms with E-state index in [-0.39, 0.29) is 52.1 Å². The van der Waals surface area contributed by atoms with Crippen LogP contribution >= 0.6 is 0 Å². The molecule has 0 amide bonds. The summed E-state index contributed by atoms with van der Waals surface area (Å²) in [7, 11) is 0. The van der Waals surface area contributed by atoms with Crippen molar-refractivity contribution in [3.63, 3.8) is 0 Å². The molecule has 21 atom stereocenters. The zero-order valence-corrected chi connectivity index (χ0v) is 33.6. The minimum absolute atomic E-state index is 0.0193. The molecule has 0 bridgehead atoms. The summed E-state index contributed by atoms with van der Waals surface area (Å²) in [4.78, 5) is 0. The van der Waals surface area contributed by atoms with E-state index in [0.29, 0.717) is 19.3 Å². The molecule has 8 aliphatic rings. The highest BCUT2D eigenvalue weighted by molar-refractivity contribution is 5.33. The molecule has 14 nitrogen and oxygen atoms in total. The third kappa shape index (κ3) is 5.70. The molecular formula is C41H68O14. The number of fused-ring (bicyclic) bond motifs is 2. The maximum Gasteiger partial charge on any atom is 0.187 e. The lowest BCUT2D eigenvalue weighted by atomic mass is 9.41. The van der Waals surface area contributed by atoms with Crippen molar-refractivity contribution in [2.45, 2.75) is 197 Å². The smallest absolute Gasteiger partial charge is 0.187 e. The summed E-state index contributed by atoms with van der Waals surface area (Å²) in [5, 5.41) is 97.9. The quantitative estimate of drug-likeness (QED) is 0.162. The van der Waals surface area contributed by atoms with Gasteiger partial charge in [-0.2, -0.15) is 0 Å². The summed E-state index contributed by atoms with van der Waals surface area (Å²) >= 11 is 0. The zero-order valence-electron chi connectivity index (χ0n) is 33.6. The van der Waals surface area contributed by atoms with Gasteiger partial charge in [0.15, 0.2) is 12.6 Å². The zero-order chi connectivity index (χ0) is 40.1. The first-order valence-electron chi connectivity index (χ1n) is 20.9. The second-order valence-electron chi connectivity index (χ2n) is 21.1. The lowest BCUT2D eigenvalue weighted by Crippen LogP contribution is -2.64. The van der Waals surface area contributed by atoms with E-state index in [1.807, 2.05) is 0 Å². The lowest BCUT2D eigenvalue weighted by Gasteiger charge is -2.64. The molecule has 3 aliphatic heterocycles. The van der Waals surface area contributed by atoms with E-state index in [1.165, 1.54) is 0 Å². The Morgan fingerprint density at radius 2 is 1.42 bits per heavy atom. The van der Waals surface area contributed by atoms with E-state index in [4.69, 9.17) is 23.7 Å². The van der Waals surface area contributed by atoms with Crippen LogP contribution in [-0.2, 0) is 23.7 Å². The SMILES string of the molecule is CC(C)(O)[C@@H]1CC[C@](C)([C@H]2[C@H](O)C[C@@]3(C)[C@H]4C[C@@H](O)[C@@H]5C(C)(C)[C@H](O[C@@H]6OC[C@@H](O)[C@H](O)[C@H]6O[C@@H]6O[C@H](CO)[C@@H](O)[C@H](O)[C@H]6O)CC[C@@]56C[C@@]46CC[C@]23C)O1. The minimum Gasteiger partial charge on any atom is -0.394 e. The van der Waals surface area contributed by atoms with Gasteiger partial charge in [0, 0.05) is 5.92 Å². The van der Waals surface area contributed by atoms with E-state index in [2.05, 4.69) is 34.6 Å². The molecule has 0 aromatic rings. The average molecular weight is 785 g/mol. The molecule has 3 heterocycles. The van der Waals surface area contributed by atoms with Crippen molar-refractivity contribution in [1.82, 2.24) is 0 Å². The van der Waals surface area contributed by atoms with E-state index in [1.54, 1.807) is 13.8 Å². The number of ether oxygens (including phenoxy) is 5. The summed E-state index contributed by atoms with van der Waals surface area (Å²) in [6.45, 7) is 13.8. The number of rotatable bonds is 7. The molecule has 5 aliphatic carbocycles. The Labute approximate surface area is 324 Å². The molecule has 0 radical (unpaired) electrons. The fraction of sp³-hybridized carbons (Fsp3) is 1.00. The Kier molecular flexibility index (Phi) is 9.90. The molecule has 0 aromatic heterocycles. The van der Waals surface area contributed by atoms with Gasteiger partial charge in [-0.3, -0.25) is 0 Å². The Morgan fingerprint density at radius 1 is 0.709 bits per heavy atom. The van der Waals surface area contributed by atoms with Gasteiger partial charge in [0.05, 0.1) is 48.8 Å². The van der Waals surface area contributed by atoms with Gasteiger partial charge in [0.2, 0.25) is 0 Å². The first-order chi connectivity index (χ1) is 25.5. The molecule has 8 rings (SSSR count). The van der Waals surface area contributed by atoms with Crippen LogP contribution in [0.4, 0.5) is 0 Å². The molecule has 55 heavy (non-hydrogen) atoms. The van der Waals surface area contributed by atoms with Crippen LogP contribution in [0.2, 0.25) is 0 Å². The Hall–Kier alpha value is -0.560. The van der Waals surface area contributed by atoms with E-state index in [0.717, 1.165) is 38.5 Å². The van der Waals surface area contributed by atoms with Gasteiger partial charge < -0.3 is 69.6 Å². The first-order valence-corrected chi connectivity index (χ1v) is 20.9. The van der Waals surface area contributed by atoms with Crippen molar-refractivity contribution in [1.29, 1.82) is 0 Å².